The second-order valence-corrected chi connectivity index (χ2v) is 9.46. The van der Waals surface area contributed by atoms with E-state index in [1.165, 1.54) is 18.2 Å². The van der Waals surface area contributed by atoms with Gasteiger partial charge in [0.1, 0.15) is 17.5 Å². The highest BCUT2D eigenvalue weighted by Crippen LogP contribution is 2.45. The Morgan fingerprint density at radius 2 is 1.94 bits per heavy atom. The average Bonchev–Trinajstić information content (AvgIpc) is 3.11. The maximum atomic E-state index is 15.8. The number of aromatic nitrogens is 2. The van der Waals surface area contributed by atoms with E-state index in [1.807, 2.05) is 47.7 Å². The van der Waals surface area contributed by atoms with Crippen LogP contribution in [0.3, 0.4) is 0 Å². The first-order valence-electron chi connectivity index (χ1n) is 11.5. The predicted molar refractivity (Wildman–Crippen MR) is 129 cm³/mol. The summed E-state index contributed by atoms with van der Waals surface area (Å²) < 4.78 is 32.5. The van der Waals surface area contributed by atoms with Gasteiger partial charge in [0.25, 0.3) is 0 Å². The molecule has 1 aromatic heterocycles. The number of aliphatic hydroxyl groups is 1. The van der Waals surface area contributed by atoms with Crippen molar-refractivity contribution in [2.75, 3.05) is 17.2 Å². The van der Waals surface area contributed by atoms with Crippen molar-refractivity contribution in [2.24, 2.45) is 0 Å². The summed E-state index contributed by atoms with van der Waals surface area (Å²) in [5, 5.41) is 16.2. The largest absolute Gasteiger partial charge is 0.396 e. The summed E-state index contributed by atoms with van der Waals surface area (Å²) in [4.78, 5) is 4.60. The highest BCUT2D eigenvalue weighted by molar-refractivity contribution is 5.87. The van der Waals surface area contributed by atoms with Crippen LogP contribution in [0.25, 0.3) is 16.8 Å². The Bertz CT molecular complexity index is 1220. The number of nitrogens with one attached hydrogen (secondary N) is 2. The van der Waals surface area contributed by atoms with Gasteiger partial charge in [0.05, 0.1) is 16.9 Å². The number of hydrogen-bond acceptors (Lipinski definition) is 4. The molecule has 0 amide bonds. The Morgan fingerprint density at radius 1 is 1.21 bits per heavy atom. The first kappa shape index (κ1) is 23.2. The summed E-state index contributed by atoms with van der Waals surface area (Å²) >= 11 is 0. The van der Waals surface area contributed by atoms with Crippen LogP contribution >= 0.6 is 0 Å². The highest BCUT2D eigenvalue weighted by Gasteiger charge is 2.35. The SMILES string of the molecule is CCc1cc(F)cc(-c2c(F)cc3c(c2C)-n2c(C)cnc2C(C)(C)N3)c1NC(C)CCO. The van der Waals surface area contributed by atoms with Crippen molar-refractivity contribution in [3.63, 3.8) is 0 Å². The third-order valence-electron chi connectivity index (χ3n) is 6.45. The molecule has 3 N–H and O–H groups in total. The van der Waals surface area contributed by atoms with E-state index in [0.717, 1.165) is 22.8 Å². The van der Waals surface area contributed by atoms with Gasteiger partial charge in [-0.2, -0.15) is 0 Å². The molecule has 1 aliphatic heterocycles. The number of hydrogen-bond donors (Lipinski definition) is 3. The number of anilines is 2. The van der Waals surface area contributed by atoms with E-state index in [4.69, 9.17) is 0 Å². The standard InChI is InChI=1S/C26H32F2N4O/c1-7-17-10-18(27)11-19(23(17)30-14(2)8-9-33)22-16(4)24-21(12-20(22)28)31-26(5,6)25-29-13-15(3)32(24)25/h10-14,30-31,33H,7-9H2,1-6H3. The van der Waals surface area contributed by atoms with Gasteiger partial charge in [-0.15, -0.1) is 0 Å². The van der Waals surface area contributed by atoms with Gasteiger partial charge in [0.15, 0.2) is 0 Å². The molecule has 5 nitrogen and oxygen atoms in total. The van der Waals surface area contributed by atoms with Crippen LogP contribution < -0.4 is 10.6 Å². The second-order valence-electron chi connectivity index (χ2n) is 9.46. The molecule has 3 aromatic rings. The Morgan fingerprint density at radius 3 is 2.61 bits per heavy atom. The van der Waals surface area contributed by atoms with Crippen molar-refractivity contribution >= 4 is 11.4 Å². The van der Waals surface area contributed by atoms with Crippen LogP contribution in [-0.2, 0) is 12.0 Å². The lowest BCUT2D eigenvalue weighted by Gasteiger charge is -2.36. The van der Waals surface area contributed by atoms with E-state index < -0.39 is 17.2 Å². The van der Waals surface area contributed by atoms with Crippen LogP contribution in [0.15, 0.2) is 24.4 Å². The lowest BCUT2D eigenvalue weighted by molar-refractivity contribution is 0.282. The number of halogens is 2. The van der Waals surface area contributed by atoms with Gasteiger partial charge in [0.2, 0.25) is 0 Å². The average molecular weight is 455 g/mol. The summed E-state index contributed by atoms with van der Waals surface area (Å²) in [6.07, 6.45) is 2.94. The van der Waals surface area contributed by atoms with Crippen LogP contribution in [0.2, 0.25) is 0 Å². The summed E-state index contributed by atoms with van der Waals surface area (Å²) in [6, 6.07) is 4.33. The molecule has 0 radical (unpaired) electrons. The van der Waals surface area contributed by atoms with Crippen molar-refractivity contribution < 1.29 is 13.9 Å². The minimum Gasteiger partial charge on any atom is -0.396 e. The number of benzene rings is 2. The van der Waals surface area contributed by atoms with E-state index in [1.54, 1.807) is 0 Å². The first-order valence-corrected chi connectivity index (χ1v) is 11.5. The normalized spacial score (nSPS) is 14.9. The van der Waals surface area contributed by atoms with Crippen molar-refractivity contribution in [3.8, 4) is 16.8 Å². The summed E-state index contributed by atoms with van der Waals surface area (Å²) in [6.45, 7) is 11.8. The van der Waals surface area contributed by atoms with Gasteiger partial charge in [-0.1, -0.05) is 6.92 Å². The second kappa shape index (κ2) is 8.45. The molecule has 0 spiro atoms. The van der Waals surface area contributed by atoms with Crippen molar-refractivity contribution in [3.05, 3.63) is 58.7 Å². The molecule has 1 atom stereocenters. The summed E-state index contributed by atoms with van der Waals surface area (Å²) in [7, 11) is 0. The monoisotopic (exact) mass is 454 g/mol. The van der Waals surface area contributed by atoms with Crippen LogP contribution in [0.4, 0.5) is 20.2 Å². The summed E-state index contributed by atoms with van der Waals surface area (Å²) in [5.74, 6) is 0.0235. The van der Waals surface area contributed by atoms with E-state index in [-0.39, 0.29) is 12.6 Å². The van der Waals surface area contributed by atoms with Gasteiger partial charge in [0, 0.05) is 41.4 Å². The fraction of sp³-hybridized carbons (Fsp3) is 0.423. The maximum absolute atomic E-state index is 15.8. The Kier molecular flexibility index (Phi) is 5.95. The molecule has 0 aliphatic carbocycles. The fourth-order valence-electron chi connectivity index (χ4n) is 4.86. The molecule has 2 aromatic carbocycles. The zero-order valence-corrected chi connectivity index (χ0v) is 20.1. The number of rotatable bonds is 6. The molecule has 7 heteroatoms. The zero-order valence-electron chi connectivity index (χ0n) is 20.1. The molecule has 0 bridgehead atoms. The maximum Gasteiger partial charge on any atom is 0.138 e. The number of nitrogens with zero attached hydrogens (tertiary/aromatic N) is 2. The predicted octanol–water partition coefficient (Wildman–Crippen LogP) is 5.84. The number of aryl methyl sites for hydroxylation is 2. The van der Waals surface area contributed by atoms with Crippen molar-refractivity contribution in [1.82, 2.24) is 9.55 Å². The van der Waals surface area contributed by atoms with Crippen molar-refractivity contribution in [2.45, 2.75) is 66.0 Å². The van der Waals surface area contributed by atoms with Gasteiger partial charge >= 0.3 is 0 Å². The minimum atomic E-state index is -0.470. The van der Waals surface area contributed by atoms with Crippen LogP contribution in [0, 0.1) is 25.5 Å². The summed E-state index contributed by atoms with van der Waals surface area (Å²) in [5.41, 5.74) is 5.02. The number of imidazole rings is 1. The molecule has 1 aliphatic rings. The van der Waals surface area contributed by atoms with E-state index in [9.17, 15) is 9.50 Å². The van der Waals surface area contributed by atoms with Gasteiger partial charge < -0.3 is 15.7 Å². The zero-order chi connectivity index (χ0) is 24.1. The van der Waals surface area contributed by atoms with Gasteiger partial charge in [-0.05, 0) is 76.8 Å². The minimum absolute atomic E-state index is 0.0303. The molecule has 0 fully saturated rings. The quantitative estimate of drug-likeness (QED) is 0.438. The Labute approximate surface area is 193 Å². The molecular formula is C26H32F2N4O. The molecule has 176 valence electrons. The molecule has 1 unspecified atom stereocenters. The van der Waals surface area contributed by atoms with E-state index >= 15 is 4.39 Å². The highest BCUT2D eigenvalue weighted by atomic mass is 19.1. The van der Waals surface area contributed by atoms with Gasteiger partial charge in [-0.3, -0.25) is 4.57 Å². The van der Waals surface area contributed by atoms with Crippen LogP contribution in [0.5, 0.6) is 0 Å². The smallest absolute Gasteiger partial charge is 0.138 e. The molecule has 0 saturated heterocycles. The Hall–Kier alpha value is -2.93. The lowest BCUT2D eigenvalue weighted by atomic mass is 9.90. The van der Waals surface area contributed by atoms with Crippen LogP contribution in [0.1, 0.15) is 56.8 Å². The van der Waals surface area contributed by atoms with Crippen LogP contribution in [-0.4, -0.2) is 27.3 Å². The van der Waals surface area contributed by atoms with Gasteiger partial charge in [-0.25, -0.2) is 13.8 Å². The molecule has 33 heavy (non-hydrogen) atoms. The van der Waals surface area contributed by atoms with Crippen molar-refractivity contribution in [1.29, 1.82) is 0 Å². The third kappa shape index (κ3) is 3.88. The number of fused-ring (bicyclic) bond motifs is 3. The molecule has 2 heterocycles. The molecular weight excluding hydrogens is 422 g/mol. The Balaban J connectivity index is 2.00. The topological polar surface area (TPSA) is 62.1 Å². The fourth-order valence-corrected chi connectivity index (χ4v) is 4.86. The number of aliphatic hydroxyl groups excluding tert-OH is 1. The lowest BCUT2D eigenvalue weighted by Crippen LogP contribution is -2.36. The first-order chi connectivity index (χ1) is 15.6. The third-order valence-corrected chi connectivity index (χ3v) is 6.45. The van der Waals surface area contributed by atoms with E-state index in [2.05, 4.69) is 20.2 Å². The van der Waals surface area contributed by atoms with E-state index in [0.29, 0.717) is 40.9 Å². The molecule has 4 rings (SSSR count). The molecule has 0 saturated carbocycles.